The third-order valence-electron chi connectivity index (χ3n) is 7.80. The number of fused-ring (bicyclic) bond motifs is 3. The highest BCUT2D eigenvalue weighted by molar-refractivity contribution is 6.24. The van der Waals surface area contributed by atoms with Crippen molar-refractivity contribution in [1.82, 2.24) is 9.88 Å². The average Bonchev–Trinajstić information content (AvgIpc) is 2.81. The predicted molar refractivity (Wildman–Crippen MR) is 132 cm³/mol. The molecule has 0 aliphatic heterocycles. The van der Waals surface area contributed by atoms with Gasteiger partial charge in [0, 0.05) is 23.3 Å². The summed E-state index contributed by atoms with van der Waals surface area (Å²) in [6.45, 7) is 1.91. The lowest BCUT2D eigenvalue weighted by atomic mass is 9.57. The van der Waals surface area contributed by atoms with Gasteiger partial charge in [-0.05, 0) is 75.2 Å². The van der Waals surface area contributed by atoms with Crippen LogP contribution in [-0.4, -0.2) is 73.5 Å². The minimum absolute atomic E-state index is 0.0299. The molecule has 1 heterocycles. The van der Waals surface area contributed by atoms with Crippen molar-refractivity contribution in [2.24, 2.45) is 17.6 Å². The Morgan fingerprint density at radius 1 is 1.16 bits per heavy atom. The van der Waals surface area contributed by atoms with Crippen LogP contribution >= 0.6 is 0 Å². The zero-order chi connectivity index (χ0) is 27.0. The van der Waals surface area contributed by atoms with Crippen molar-refractivity contribution in [3.05, 3.63) is 64.1 Å². The van der Waals surface area contributed by atoms with Crippen LogP contribution in [0.5, 0.6) is 5.75 Å². The van der Waals surface area contributed by atoms with E-state index in [1.807, 2.05) is 19.1 Å². The molecular formula is C27H27N3O7. The van der Waals surface area contributed by atoms with Gasteiger partial charge in [0.05, 0.1) is 17.3 Å². The molecule has 10 nitrogen and oxygen atoms in total. The number of phenolic OH excluding ortho intramolecular Hbond substituents is 1. The van der Waals surface area contributed by atoms with Gasteiger partial charge in [0.15, 0.2) is 11.4 Å². The molecule has 192 valence electrons. The van der Waals surface area contributed by atoms with Gasteiger partial charge >= 0.3 is 0 Å². The van der Waals surface area contributed by atoms with Crippen molar-refractivity contribution >= 4 is 23.2 Å². The van der Waals surface area contributed by atoms with Crippen LogP contribution < -0.4 is 5.73 Å². The van der Waals surface area contributed by atoms with Crippen LogP contribution in [0, 0.1) is 18.8 Å². The highest BCUT2D eigenvalue weighted by Crippen LogP contribution is 2.53. The topological polar surface area (TPSA) is 174 Å². The molecule has 4 atom stereocenters. The number of primary amides is 1. The summed E-state index contributed by atoms with van der Waals surface area (Å²) in [6, 6.07) is 5.66. The largest absolute Gasteiger partial charge is 0.508 e. The van der Waals surface area contributed by atoms with Crippen LogP contribution in [0.1, 0.15) is 23.1 Å². The average molecular weight is 506 g/mol. The number of nitrogens with zero attached hydrogens (tertiary/aromatic N) is 2. The van der Waals surface area contributed by atoms with Crippen LogP contribution in [0.15, 0.2) is 47.4 Å². The van der Waals surface area contributed by atoms with E-state index in [-0.39, 0.29) is 29.7 Å². The molecule has 6 N–H and O–H groups in total. The molecule has 0 spiro atoms. The maximum atomic E-state index is 13.9. The zero-order valence-electron chi connectivity index (χ0n) is 20.5. The van der Waals surface area contributed by atoms with Crippen molar-refractivity contribution < 1.29 is 34.8 Å². The van der Waals surface area contributed by atoms with E-state index >= 15 is 0 Å². The molecule has 1 fully saturated rings. The molecule has 0 radical (unpaired) electrons. The van der Waals surface area contributed by atoms with Gasteiger partial charge in [0.2, 0.25) is 5.78 Å². The number of benzene rings is 1. The van der Waals surface area contributed by atoms with Gasteiger partial charge in [-0.1, -0.05) is 0 Å². The number of aliphatic hydroxyl groups is 3. The second-order valence-corrected chi connectivity index (χ2v) is 10.2. The molecular weight excluding hydrogens is 478 g/mol. The van der Waals surface area contributed by atoms with Crippen molar-refractivity contribution in [1.29, 1.82) is 0 Å². The smallest absolute Gasteiger partial charge is 0.255 e. The maximum absolute atomic E-state index is 13.9. The molecule has 1 aromatic carbocycles. The number of pyridine rings is 1. The molecule has 5 rings (SSSR count). The van der Waals surface area contributed by atoms with E-state index in [2.05, 4.69) is 4.98 Å². The van der Waals surface area contributed by atoms with Gasteiger partial charge in [-0.3, -0.25) is 24.3 Å². The summed E-state index contributed by atoms with van der Waals surface area (Å²) in [5.41, 5.74) is 4.53. The van der Waals surface area contributed by atoms with Crippen molar-refractivity contribution in [2.45, 2.75) is 31.4 Å². The van der Waals surface area contributed by atoms with Gasteiger partial charge in [-0.2, -0.15) is 0 Å². The Balaban J connectivity index is 1.75. The van der Waals surface area contributed by atoms with Crippen molar-refractivity contribution in [3.8, 4) is 17.0 Å². The van der Waals surface area contributed by atoms with Crippen LogP contribution in [0.4, 0.5) is 0 Å². The number of aromatic hydroxyl groups is 1. The van der Waals surface area contributed by atoms with E-state index in [0.717, 1.165) is 5.56 Å². The number of hydrogen-bond acceptors (Lipinski definition) is 9. The van der Waals surface area contributed by atoms with E-state index in [1.165, 1.54) is 11.0 Å². The number of hydrogen-bond donors (Lipinski definition) is 5. The number of aryl methyl sites for hydroxylation is 1. The molecule has 37 heavy (non-hydrogen) atoms. The molecule has 0 unspecified atom stereocenters. The lowest BCUT2D eigenvalue weighted by Crippen LogP contribution is -2.65. The minimum atomic E-state index is -2.66. The Bertz CT molecular complexity index is 1460. The normalized spacial score (nSPS) is 27.2. The number of aromatic nitrogens is 1. The molecule has 3 aliphatic carbocycles. The number of carbonyl (C=O) groups excluding carboxylic acids is 3. The number of ketones is 2. The Kier molecular flexibility index (Phi) is 5.50. The lowest BCUT2D eigenvalue weighted by Gasteiger charge is -2.50. The van der Waals surface area contributed by atoms with E-state index in [4.69, 9.17) is 5.73 Å². The SMILES string of the molecule is Cc1ccnc(-c2ccc(O)c3c2C[C@@H]2C[C@@H]4[C@@H](N(C)C)C(=O)C(C(N)=O)=C(O)[C@]4(O)C(=O)C2=C3O)c1. The molecule has 1 aromatic heterocycles. The number of amides is 1. The first-order chi connectivity index (χ1) is 17.4. The summed E-state index contributed by atoms with van der Waals surface area (Å²) in [6.07, 6.45) is 1.88. The van der Waals surface area contributed by atoms with E-state index in [9.17, 15) is 34.8 Å². The Morgan fingerprint density at radius 3 is 2.49 bits per heavy atom. The fraction of sp³-hybridized carbons (Fsp3) is 0.333. The predicted octanol–water partition coefficient (Wildman–Crippen LogP) is 1.33. The Hall–Kier alpha value is -4.02. The monoisotopic (exact) mass is 505 g/mol. The summed E-state index contributed by atoms with van der Waals surface area (Å²) < 4.78 is 0. The van der Waals surface area contributed by atoms with Crippen LogP contribution in [-0.2, 0) is 20.8 Å². The molecule has 1 amide bonds. The number of phenols is 1. The van der Waals surface area contributed by atoms with Crippen LogP contribution in [0.25, 0.3) is 17.0 Å². The van der Waals surface area contributed by atoms with E-state index < -0.39 is 58.0 Å². The van der Waals surface area contributed by atoms with Crippen LogP contribution in [0.2, 0.25) is 0 Å². The number of aliphatic hydroxyl groups excluding tert-OH is 2. The number of nitrogens with two attached hydrogens (primary N) is 1. The lowest BCUT2D eigenvalue weighted by molar-refractivity contribution is -0.153. The summed E-state index contributed by atoms with van der Waals surface area (Å²) in [5, 5.41) is 44.6. The Labute approximate surface area is 212 Å². The quantitative estimate of drug-likeness (QED) is 0.386. The van der Waals surface area contributed by atoms with Crippen LogP contribution in [0.3, 0.4) is 0 Å². The highest BCUT2D eigenvalue weighted by atomic mass is 16.3. The maximum Gasteiger partial charge on any atom is 0.255 e. The van der Waals surface area contributed by atoms with Gasteiger partial charge in [0.25, 0.3) is 5.91 Å². The molecule has 0 bridgehead atoms. The molecule has 0 saturated heterocycles. The third-order valence-corrected chi connectivity index (χ3v) is 7.80. The minimum Gasteiger partial charge on any atom is -0.508 e. The van der Waals surface area contributed by atoms with Crippen molar-refractivity contribution in [2.75, 3.05) is 14.1 Å². The van der Waals surface area contributed by atoms with Gasteiger partial charge < -0.3 is 26.2 Å². The third kappa shape index (κ3) is 3.32. The molecule has 10 heteroatoms. The number of likely N-dealkylation sites (N-methyl/N-ethyl adjacent to an activating group) is 1. The van der Waals surface area contributed by atoms with Gasteiger partial charge in [-0.25, -0.2) is 0 Å². The summed E-state index contributed by atoms with van der Waals surface area (Å²) in [5.74, 6) is -6.75. The van der Waals surface area contributed by atoms with Gasteiger partial charge in [-0.15, -0.1) is 0 Å². The summed E-state index contributed by atoms with van der Waals surface area (Å²) in [4.78, 5) is 45.0. The van der Waals surface area contributed by atoms with Crippen molar-refractivity contribution in [3.63, 3.8) is 0 Å². The van der Waals surface area contributed by atoms with E-state index in [0.29, 0.717) is 16.8 Å². The number of rotatable bonds is 3. The zero-order valence-corrected chi connectivity index (χ0v) is 20.5. The second kappa shape index (κ2) is 8.25. The summed E-state index contributed by atoms with van der Waals surface area (Å²) in [7, 11) is 3.12. The number of carbonyl (C=O) groups is 3. The summed E-state index contributed by atoms with van der Waals surface area (Å²) >= 11 is 0. The highest BCUT2D eigenvalue weighted by Gasteiger charge is 2.64. The molecule has 2 aromatic rings. The fourth-order valence-corrected chi connectivity index (χ4v) is 6.17. The Morgan fingerprint density at radius 2 is 1.86 bits per heavy atom. The second-order valence-electron chi connectivity index (χ2n) is 10.2. The first-order valence-corrected chi connectivity index (χ1v) is 11.8. The standard InChI is InChI=1S/C27H27N3O7/c1-11-6-7-29-16(8-11)13-4-5-17(31)19-14(13)9-12-10-15-21(30(2)3)23(33)20(26(28)36)25(35)27(15,37)24(34)18(12)22(19)32/h4-8,12,15,21,31-32,35,37H,9-10H2,1-3H3,(H2,28,36)/t12-,15-,21-,27-/m1/s1. The van der Waals surface area contributed by atoms with Gasteiger partial charge in [0.1, 0.15) is 22.8 Å². The first-order valence-electron chi connectivity index (χ1n) is 11.8. The molecule has 1 saturated carbocycles. The molecule has 3 aliphatic rings. The first kappa shape index (κ1) is 24.7. The number of Topliss-reactive ketones (excluding diaryl/α,β-unsaturated/α-hetero) is 2. The van der Waals surface area contributed by atoms with E-state index in [1.54, 1.807) is 26.4 Å². The fourth-order valence-electron chi connectivity index (χ4n) is 6.17.